The van der Waals surface area contributed by atoms with Gasteiger partial charge in [0.15, 0.2) is 0 Å². The summed E-state index contributed by atoms with van der Waals surface area (Å²) in [7, 11) is -3.68. The Labute approximate surface area is 176 Å². The van der Waals surface area contributed by atoms with Crippen LogP contribution < -0.4 is 19.1 Å². The van der Waals surface area contributed by atoms with Crippen LogP contribution in [0.2, 0.25) is 5.02 Å². The molecule has 29 heavy (non-hydrogen) atoms. The van der Waals surface area contributed by atoms with Crippen molar-refractivity contribution >= 4 is 33.2 Å². The normalized spacial score (nSPS) is 12.1. The van der Waals surface area contributed by atoms with Crippen molar-refractivity contribution in [3.63, 3.8) is 0 Å². The molecule has 0 unspecified atom stereocenters. The lowest BCUT2D eigenvalue weighted by Crippen LogP contribution is -2.48. The van der Waals surface area contributed by atoms with Gasteiger partial charge in [0.25, 0.3) is 0 Å². The third kappa shape index (κ3) is 6.54. The first-order valence-corrected chi connectivity index (χ1v) is 11.3. The number of amides is 1. The van der Waals surface area contributed by atoms with E-state index in [1.54, 1.807) is 48.5 Å². The summed E-state index contributed by atoms with van der Waals surface area (Å²) >= 11 is 6.01. The lowest BCUT2D eigenvalue weighted by molar-refractivity contribution is -0.121. The van der Waals surface area contributed by atoms with E-state index in [0.717, 1.165) is 10.6 Å². The van der Waals surface area contributed by atoms with Gasteiger partial charge in [0.2, 0.25) is 15.9 Å². The Hall–Kier alpha value is -2.45. The van der Waals surface area contributed by atoms with Crippen molar-refractivity contribution in [3.8, 4) is 11.5 Å². The van der Waals surface area contributed by atoms with Crippen molar-refractivity contribution in [1.29, 1.82) is 0 Å². The van der Waals surface area contributed by atoms with Gasteiger partial charge in [0, 0.05) is 0 Å². The number of anilines is 1. The van der Waals surface area contributed by atoms with Crippen molar-refractivity contribution in [3.05, 3.63) is 53.6 Å². The summed E-state index contributed by atoms with van der Waals surface area (Å²) in [4.78, 5) is 12.5. The Kier molecular flexibility index (Phi) is 8.16. The molecule has 0 saturated heterocycles. The topological polar surface area (TPSA) is 84.9 Å². The zero-order valence-corrected chi connectivity index (χ0v) is 18.2. The number of ether oxygens (including phenoxy) is 2. The van der Waals surface area contributed by atoms with Crippen LogP contribution >= 0.6 is 11.6 Å². The minimum absolute atomic E-state index is 0.199. The van der Waals surface area contributed by atoms with Gasteiger partial charge in [-0.05, 0) is 50.2 Å². The zero-order valence-electron chi connectivity index (χ0n) is 16.6. The molecule has 0 aromatic heterocycles. The van der Waals surface area contributed by atoms with Gasteiger partial charge in [-0.2, -0.15) is 0 Å². The average Bonchev–Trinajstić information content (AvgIpc) is 2.67. The molecular formula is C20H25ClN2O5S. The molecule has 0 aliphatic carbocycles. The van der Waals surface area contributed by atoms with Crippen molar-refractivity contribution in [2.75, 3.05) is 30.3 Å². The monoisotopic (exact) mass is 440 g/mol. The van der Waals surface area contributed by atoms with E-state index in [0.29, 0.717) is 28.8 Å². The number of para-hydroxylation sites is 1. The average molecular weight is 441 g/mol. The van der Waals surface area contributed by atoms with Crippen LogP contribution in [-0.2, 0) is 14.8 Å². The number of carbonyl (C=O) groups is 1. The van der Waals surface area contributed by atoms with Gasteiger partial charge < -0.3 is 14.8 Å². The van der Waals surface area contributed by atoms with Crippen LogP contribution in [-0.4, -0.2) is 46.4 Å². The quantitative estimate of drug-likeness (QED) is 0.574. The molecule has 2 aromatic carbocycles. The first kappa shape index (κ1) is 22.8. The van der Waals surface area contributed by atoms with Crippen molar-refractivity contribution in [2.45, 2.75) is 19.9 Å². The molecule has 1 N–H and O–H groups in total. The van der Waals surface area contributed by atoms with E-state index in [9.17, 15) is 13.2 Å². The SMILES string of the molecule is CCOc1ccc(N([C@H](C)C(=O)NCCOc2ccccc2Cl)S(C)(=O)=O)cc1. The first-order chi connectivity index (χ1) is 13.7. The molecule has 0 fully saturated rings. The number of rotatable bonds is 10. The van der Waals surface area contributed by atoms with Crippen LogP contribution in [0.4, 0.5) is 5.69 Å². The molecule has 2 rings (SSSR count). The van der Waals surface area contributed by atoms with Gasteiger partial charge in [-0.1, -0.05) is 23.7 Å². The molecule has 7 nitrogen and oxygen atoms in total. The summed E-state index contributed by atoms with van der Waals surface area (Å²) in [5.41, 5.74) is 0.380. The highest BCUT2D eigenvalue weighted by molar-refractivity contribution is 7.92. The number of benzene rings is 2. The highest BCUT2D eigenvalue weighted by Crippen LogP contribution is 2.24. The highest BCUT2D eigenvalue weighted by atomic mass is 35.5. The summed E-state index contributed by atoms with van der Waals surface area (Å²) in [5, 5.41) is 3.17. The molecule has 0 bridgehead atoms. The Morgan fingerprint density at radius 1 is 1.14 bits per heavy atom. The third-order valence-electron chi connectivity index (χ3n) is 3.99. The van der Waals surface area contributed by atoms with Gasteiger partial charge in [-0.25, -0.2) is 8.42 Å². The molecule has 1 amide bonds. The molecule has 9 heteroatoms. The van der Waals surface area contributed by atoms with Crippen LogP contribution in [0, 0.1) is 0 Å². The predicted octanol–water partition coefficient (Wildman–Crippen LogP) is 3.09. The van der Waals surface area contributed by atoms with Crippen LogP contribution in [0.25, 0.3) is 0 Å². The smallest absolute Gasteiger partial charge is 0.243 e. The Morgan fingerprint density at radius 3 is 2.38 bits per heavy atom. The number of nitrogens with zero attached hydrogens (tertiary/aromatic N) is 1. The Bertz CT molecular complexity index is 919. The Balaban J connectivity index is 2.00. The highest BCUT2D eigenvalue weighted by Gasteiger charge is 2.28. The predicted molar refractivity (Wildman–Crippen MR) is 114 cm³/mol. The van der Waals surface area contributed by atoms with Crippen molar-refractivity contribution in [2.24, 2.45) is 0 Å². The number of sulfonamides is 1. The van der Waals surface area contributed by atoms with E-state index in [1.165, 1.54) is 6.92 Å². The number of halogens is 1. The molecule has 2 aromatic rings. The number of hydrogen-bond acceptors (Lipinski definition) is 5. The maximum atomic E-state index is 12.5. The van der Waals surface area contributed by atoms with E-state index >= 15 is 0 Å². The van der Waals surface area contributed by atoms with Crippen LogP contribution in [0.5, 0.6) is 11.5 Å². The van der Waals surface area contributed by atoms with Gasteiger partial charge >= 0.3 is 0 Å². The largest absolute Gasteiger partial charge is 0.494 e. The molecule has 0 heterocycles. The van der Waals surface area contributed by atoms with Gasteiger partial charge in [-0.3, -0.25) is 9.10 Å². The summed E-state index contributed by atoms with van der Waals surface area (Å²) in [6, 6.07) is 12.6. The van der Waals surface area contributed by atoms with Crippen LogP contribution in [0.15, 0.2) is 48.5 Å². The lowest BCUT2D eigenvalue weighted by Gasteiger charge is -2.28. The fourth-order valence-electron chi connectivity index (χ4n) is 2.71. The van der Waals surface area contributed by atoms with E-state index in [2.05, 4.69) is 5.32 Å². The maximum Gasteiger partial charge on any atom is 0.243 e. The summed E-state index contributed by atoms with van der Waals surface area (Å²) < 4.78 is 36.6. The van der Waals surface area contributed by atoms with Crippen LogP contribution in [0.1, 0.15) is 13.8 Å². The van der Waals surface area contributed by atoms with Crippen LogP contribution in [0.3, 0.4) is 0 Å². The molecule has 0 saturated carbocycles. The van der Waals surface area contributed by atoms with Gasteiger partial charge in [0.05, 0.1) is 30.1 Å². The van der Waals surface area contributed by atoms with Crippen molar-refractivity contribution < 1.29 is 22.7 Å². The van der Waals surface area contributed by atoms with E-state index in [-0.39, 0.29) is 13.2 Å². The zero-order chi connectivity index (χ0) is 21.4. The van der Waals surface area contributed by atoms with E-state index in [1.807, 2.05) is 6.92 Å². The molecule has 0 radical (unpaired) electrons. The summed E-state index contributed by atoms with van der Waals surface area (Å²) in [6.45, 7) is 4.30. The molecule has 0 aliphatic heterocycles. The van der Waals surface area contributed by atoms with Gasteiger partial charge in [0.1, 0.15) is 24.1 Å². The molecule has 0 aliphatic rings. The van der Waals surface area contributed by atoms with Gasteiger partial charge in [-0.15, -0.1) is 0 Å². The fourth-order valence-corrected chi connectivity index (χ4v) is 4.07. The fraction of sp³-hybridized carbons (Fsp3) is 0.350. The molecule has 1 atom stereocenters. The van der Waals surface area contributed by atoms with Crippen molar-refractivity contribution in [1.82, 2.24) is 5.32 Å². The van der Waals surface area contributed by atoms with E-state index in [4.69, 9.17) is 21.1 Å². The molecule has 0 spiro atoms. The van der Waals surface area contributed by atoms with E-state index < -0.39 is 22.0 Å². The number of hydrogen-bond donors (Lipinski definition) is 1. The summed E-state index contributed by atoms with van der Waals surface area (Å²) in [5.74, 6) is 0.703. The second-order valence-electron chi connectivity index (χ2n) is 6.23. The standard InChI is InChI=1S/C20H25ClN2O5S/c1-4-27-17-11-9-16(10-12-17)23(29(3,25)26)15(2)20(24)22-13-14-28-19-8-6-5-7-18(19)21/h5-12,15H,4,13-14H2,1-3H3,(H,22,24)/t15-/m1/s1. The minimum atomic E-state index is -3.68. The number of nitrogens with one attached hydrogen (secondary N) is 1. The maximum absolute atomic E-state index is 12.5. The second-order valence-corrected chi connectivity index (χ2v) is 8.50. The molecular weight excluding hydrogens is 416 g/mol. The number of carbonyl (C=O) groups excluding carboxylic acids is 1. The minimum Gasteiger partial charge on any atom is -0.494 e. The molecule has 158 valence electrons. The summed E-state index contributed by atoms with van der Waals surface area (Å²) in [6.07, 6.45) is 1.06. The first-order valence-electron chi connectivity index (χ1n) is 9.11. The third-order valence-corrected chi connectivity index (χ3v) is 5.54. The lowest BCUT2D eigenvalue weighted by atomic mass is 10.2. The second kappa shape index (κ2) is 10.4. The Morgan fingerprint density at radius 2 is 1.79 bits per heavy atom.